The van der Waals surface area contributed by atoms with E-state index in [1.165, 1.54) is 0 Å². The van der Waals surface area contributed by atoms with Crippen LogP contribution in [-0.4, -0.2) is 60.5 Å². The number of aromatic amines is 1. The minimum Gasteiger partial charge on any atom is -0.493 e. The minimum absolute atomic E-state index is 0.0912. The van der Waals surface area contributed by atoms with Crippen LogP contribution in [0.3, 0.4) is 0 Å². The van der Waals surface area contributed by atoms with Gasteiger partial charge in [-0.05, 0) is 55.9 Å². The normalized spacial score (nSPS) is 15.0. The minimum atomic E-state index is -0.261. The molecule has 0 spiro atoms. The molecule has 3 aromatic rings. The molecular weight excluding hydrogens is 430 g/mol. The first-order valence-electron chi connectivity index (χ1n) is 11.7. The third-order valence-corrected chi connectivity index (χ3v) is 6.12. The fourth-order valence-electron chi connectivity index (χ4n) is 4.07. The predicted octanol–water partition coefficient (Wildman–Crippen LogP) is 3.97. The number of nitrogens with one attached hydrogen (secondary N) is 1. The van der Waals surface area contributed by atoms with Gasteiger partial charge in [-0.3, -0.25) is 14.7 Å². The Morgan fingerprint density at radius 1 is 1.18 bits per heavy atom. The number of aromatic nitrogens is 2. The van der Waals surface area contributed by atoms with Crippen LogP contribution in [0.5, 0.6) is 11.5 Å². The number of carbonyl (C=O) groups is 2. The third-order valence-electron chi connectivity index (χ3n) is 6.12. The van der Waals surface area contributed by atoms with Crippen LogP contribution in [-0.2, 0) is 17.6 Å². The molecule has 0 saturated carbocycles. The Labute approximate surface area is 200 Å². The summed E-state index contributed by atoms with van der Waals surface area (Å²) in [6, 6.07) is 11.4. The first kappa shape index (κ1) is 23.7. The van der Waals surface area contributed by atoms with E-state index in [0.29, 0.717) is 37.4 Å². The van der Waals surface area contributed by atoms with Gasteiger partial charge in [-0.1, -0.05) is 19.1 Å². The topological polar surface area (TPSA) is 84.5 Å². The smallest absolute Gasteiger partial charge is 0.162 e. The monoisotopic (exact) mass is 461 g/mol. The van der Waals surface area contributed by atoms with Gasteiger partial charge in [-0.25, -0.2) is 0 Å². The van der Waals surface area contributed by atoms with E-state index in [1.807, 2.05) is 57.5 Å². The molecular formula is C27H31N3O4. The van der Waals surface area contributed by atoms with Crippen LogP contribution in [0.2, 0.25) is 0 Å². The number of rotatable bonds is 10. The highest BCUT2D eigenvalue weighted by molar-refractivity contribution is 5.96. The average molecular weight is 462 g/mol. The van der Waals surface area contributed by atoms with E-state index in [2.05, 4.69) is 15.1 Å². The summed E-state index contributed by atoms with van der Waals surface area (Å²) in [5, 5.41) is 6.86. The van der Waals surface area contributed by atoms with Gasteiger partial charge in [-0.15, -0.1) is 0 Å². The lowest BCUT2D eigenvalue weighted by Crippen LogP contribution is -2.29. The second-order valence-electron chi connectivity index (χ2n) is 8.92. The van der Waals surface area contributed by atoms with Crippen molar-refractivity contribution in [3.63, 3.8) is 0 Å². The predicted molar refractivity (Wildman–Crippen MR) is 131 cm³/mol. The molecule has 1 aliphatic heterocycles. The zero-order chi connectivity index (χ0) is 24.1. The fourth-order valence-corrected chi connectivity index (χ4v) is 4.07. The SMILES string of the molecule is CCC(=O)c1ccc2c(c1)CC(C(=O)Cc1ccc(-c3cn[nH]c3)cc1OCCN(C)C)CO2. The Bertz CT molecular complexity index is 1150. The quantitative estimate of drug-likeness (QED) is 0.460. The van der Waals surface area contributed by atoms with E-state index >= 15 is 0 Å². The van der Waals surface area contributed by atoms with Crippen LogP contribution >= 0.6 is 0 Å². The molecule has 0 fully saturated rings. The highest BCUT2D eigenvalue weighted by Gasteiger charge is 2.27. The molecule has 34 heavy (non-hydrogen) atoms. The Hall–Kier alpha value is -3.45. The molecule has 178 valence electrons. The van der Waals surface area contributed by atoms with Crippen molar-refractivity contribution in [2.45, 2.75) is 26.2 Å². The molecule has 7 heteroatoms. The standard InChI is InChI=1S/C27H31N3O4/c1-4-24(31)19-7-8-26-21(11-19)12-22(17-34-26)25(32)13-20-6-5-18(23-15-28-29-16-23)14-27(20)33-10-9-30(2)3/h5-8,11,14-16,22H,4,9-10,12-13,17H2,1-3H3,(H,28,29). The summed E-state index contributed by atoms with van der Waals surface area (Å²) in [5.41, 5.74) is 4.39. The van der Waals surface area contributed by atoms with Crippen molar-refractivity contribution in [2.75, 3.05) is 33.9 Å². The maximum atomic E-state index is 13.3. The Morgan fingerprint density at radius 2 is 2.03 bits per heavy atom. The highest BCUT2D eigenvalue weighted by Crippen LogP contribution is 2.32. The molecule has 0 aliphatic carbocycles. The lowest BCUT2D eigenvalue weighted by atomic mass is 9.88. The molecule has 1 aromatic heterocycles. The summed E-state index contributed by atoms with van der Waals surface area (Å²) >= 11 is 0. The second kappa shape index (κ2) is 10.7. The lowest BCUT2D eigenvalue weighted by molar-refractivity contribution is -0.123. The molecule has 7 nitrogen and oxygen atoms in total. The summed E-state index contributed by atoms with van der Waals surface area (Å²) in [7, 11) is 3.99. The van der Waals surface area contributed by atoms with Gasteiger partial charge < -0.3 is 14.4 Å². The molecule has 0 saturated heterocycles. The first-order valence-corrected chi connectivity index (χ1v) is 11.7. The van der Waals surface area contributed by atoms with Crippen molar-refractivity contribution in [3.05, 3.63) is 65.5 Å². The number of benzene rings is 2. The molecule has 2 aromatic carbocycles. The number of nitrogens with zero attached hydrogens (tertiary/aromatic N) is 2. The van der Waals surface area contributed by atoms with Gasteiger partial charge in [0.15, 0.2) is 5.78 Å². The number of hydrogen-bond donors (Lipinski definition) is 1. The molecule has 0 bridgehead atoms. The molecule has 0 radical (unpaired) electrons. The van der Waals surface area contributed by atoms with E-state index in [-0.39, 0.29) is 23.9 Å². The van der Waals surface area contributed by atoms with E-state index in [1.54, 1.807) is 12.3 Å². The number of hydrogen-bond acceptors (Lipinski definition) is 6. The summed E-state index contributed by atoms with van der Waals surface area (Å²) in [6.07, 6.45) is 4.88. The number of H-pyrrole nitrogens is 1. The van der Waals surface area contributed by atoms with Crippen molar-refractivity contribution in [1.82, 2.24) is 15.1 Å². The van der Waals surface area contributed by atoms with E-state index < -0.39 is 0 Å². The number of likely N-dealkylation sites (N-methyl/N-ethyl adjacent to an activating group) is 1. The molecule has 1 unspecified atom stereocenters. The van der Waals surface area contributed by atoms with Gasteiger partial charge >= 0.3 is 0 Å². The number of Topliss-reactive ketones (excluding diaryl/α,β-unsaturated/α-hetero) is 2. The first-order chi connectivity index (χ1) is 16.4. The van der Waals surface area contributed by atoms with Crippen molar-refractivity contribution in [1.29, 1.82) is 0 Å². The zero-order valence-corrected chi connectivity index (χ0v) is 20.0. The molecule has 1 N–H and O–H groups in total. The van der Waals surface area contributed by atoms with Gasteiger partial charge in [0.05, 0.1) is 18.7 Å². The number of fused-ring (bicyclic) bond motifs is 1. The Morgan fingerprint density at radius 3 is 2.76 bits per heavy atom. The molecule has 1 atom stereocenters. The zero-order valence-electron chi connectivity index (χ0n) is 20.0. The number of carbonyl (C=O) groups excluding carboxylic acids is 2. The van der Waals surface area contributed by atoms with Crippen LogP contribution in [0, 0.1) is 5.92 Å². The van der Waals surface area contributed by atoms with Crippen LogP contribution < -0.4 is 9.47 Å². The highest BCUT2D eigenvalue weighted by atomic mass is 16.5. The maximum Gasteiger partial charge on any atom is 0.162 e. The number of ether oxygens (including phenoxy) is 2. The number of ketones is 2. The van der Waals surface area contributed by atoms with Gasteiger partial charge in [0, 0.05) is 42.3 Å². The van der Waals surface area contributed by atoms with Gasteiger partial charge in [0.2, 0.25) is 0 Å². The fraction of sp³-hybridized carbons (Fsp3) is 0.370. The molecule has 4 rings (SSSR count). The second-order valence-corrected chi connectivity index (χ2v) is 8.92. The van der Waals surface area contributed by atoms with E-state index in [9.17, 15) is 9.59 Å². The Kier molecular flexibility index (Phi) is 7.43. The third kappa shape index (κ3) is 5.54. The maximum absolute atomic E-state index is 13.3. The molecule has 2 heterocycles. The summed E-state index contributed by atoms with van der Waals surface area (Å²) in [4.78, 5) is 27.4. The van der Waals surface area contributed by atoms with E-state index in [0.717, 1.165) is 34.5 Å². The van der Waals surface area contributed by atoms with Gasteiger partial charge in [0.1, 0.15) is 23.9 Å². The van der Waals surface area contributed by atoms with Gasteiger partial charge in [-0.2, -0.15) is 5.10 Å². The average Bonchev–Trinajstić information content (AvgIpc) is 3.38. The van der Waals surface area contributed by atoms with Crippen molar-refractivity contribution in [3.8, 4) is 22.6 Å². The Balaban J connectivity index is 1.51. The van der Waals surface area contributed by atoms with Crippen LogP contribution in [0.4, 0.5) is 0 Å². The van der Waals surface area contributed by atoms with Gasteiger partial charge in [0.25, 0.3) is 0 Å². The van der Waals surface area contributed by atoms with Crippen LogP contribution in [0.25, 0.3) is 11.1 Å². The van der Waals surface area contributed by atoms with Crippen LogP contribution in [0.15, 0.2) is 48.8 Å². The van der Waals surface area contributed by atoms with Crippen LogP contribution in [0.1, 0.15) is 34.8 Å². The van der Waals surface area contributed by atoms with Crippen molar-refractivity contribution < 1.29 is 19.1 Å². The summed E-state index contributed by atoms with van der Waals surface area (Å²) < 4.78 is 12.0. The lowest BCUT2D eigenvalue weighted by Gasteiger charge is -2.25. The van der Waals surface area contributed by atoms with Crippen molar-refractivity contribution in [2.24, 2.45) is 5.92 Å². The summed E-state index contributed by atoms with van der Waals surface area (Å²) in [6.45, 7) is 3.49. The largest absolute Gasteiger partial charge is 0.493 e. The molecule has 1 aliphatic rings. The van der Waals surface area contributed by atoms with Crippen molar-refractivity contribution >= 4 is 11.6 Å². The molecule has 0 amide bonds. The summed E-state index contributed by atoms with van der Waals surface area (Å²) in [5.74, 6) is 1.40. The van der Waals surface area contributed by atoms with E-state index in [4.69, 9.17) is 9.47 Å².